The van der Waals surface area contributed by atoms with E-state index in [1.165, 1.54) is 44.9 Å². The first-order valence-corrected chi connectivity index (χ1v) is 7.90. The smallest absolute Gasteiger partial charge is 0.328 e. The van der Waals surface area contributed by atoms with Crippen LogP contribution in [-0.2, 0) is 11.3 Å². The maximum absolute atomic E-state index is 12.5. The summed E-state index contributed by atoms with van der Waals surface area (Å²) in [6, 6.07) is 0. The quantitative estimate of drug-likeness (QED) is 0.587. The van der Waals surface area contributed by atoms with Crippen molar-refractivity contribution in [3.05, 3.63) is 32.9 Å². The molecule has 0 saturated carbocycles. The van der Waals surface area contributed by atoms with Gasteiger partial charge in [-0.15, -0.1) is 0 Å². The molecule has 0 spiro atoms. The van der Waals surface area contributed by atoms with E-state index in [2.05, 4.69) is 12.7 Å². The number of nitrogens with zero attached hydrogens (tertiary/aromatic N) is 1. The minimum atomic E-state index is -1.55. The highest BCUT2D eigenvalue weighted by atomic mass is 19.1. The predicted octanol–water partition coefficient (Wildman–Crippen LogP) is -0.595. The standard InChI is InChI=1S/C9H21N.C6H5FN2O4/c1-2-3-4-5-6-7-8-9-10;7-3-1-9(2-4(10)11)6(13)8-5(3)12/h2-10H2,1H3;1H,2H2,(H,10,11)(H,8,12,13). The number of H-pyrrole nitrogens is 1. The first-order chi connectivity index (χ1) is 10.9. The Morgan fingerprint density at radius 1 is 1.22 bits per heavy atom. The lowest BCUT2D eigenvalue weighted by atomic mass is 10.1. The molecule has 0 atom stereocenters. The third-order valence-corrected chi connectivity index (χ3v) is 3.12. The minimum Gasteiger partial charge on any atom is -0.548 e. The maximum atomic E-state index is 12.5. The fourth-order valence-electron chi connectivity index (χ4n) is 1.87. The molecule has 8 heteroatoms. The summed E-state index contributed by atoms with van der Waals surface area (Å²) in [6.07, 6.45) is 10.3. The van der Waals surface area contributed by atoms with E-state index in [9.17, 15) is 23.9 Å². The van der Waals surface area contributed by atoms with Gasteiger partial charge in [-0.3, -0.25) is 14.3 Å². The van der Waals surface area contributed by atoms with Gasteiger partial charge in [0.1, 0.15) is 0 Å². The molecule has 7 nitrogen and oxygen atoms in total. The molecule has 0 aliphatic carbocycles. The number of carboxylic acid groups (broad SMARTS) is 1. The van der Waals surface area contributed by atoms with Crippen LogP contribution in [0.2, 0.25) is 0 Å². The molecule has 0 saturated heterocycles. The lowest BCUT2D eigenvalue weighted by Crippen LogP contribution is -2.50. The van der Waals surface area contributed by atoms with Crippen molar-refractivity contribution in [2.24, 2.45) is 0 Å². The molecule has 1 aromatic rings. The number of rotatable bonds is 9. The second kappa shape index (κ2) is 12.6. The Bertz CT molecular complexity index is 561. The number of halogens is 1. The second-order valence-electron chi connectivity index (χ2n) is 5.21. The molecule has 1 aromatic heterocycles. The molecule has 0 radical (unpaired) electrons. The van der Waals surface area contributed by atoms with Crippen LogP contribution in [-0.4, -0.2) is 22.1 Å². The zero-order chi connectivity index (χ0) is 17.7. The summed E-state index contributed by atoms with van der Waals surface area (Å²) in [7, 11) is 0. The van der Waals surface area contributed by atoms with Gasteiger partial charge in [-0.05, 0) is 12.8 Å². The number of carbonyl (C=O) groups is 1. The van der Waals surface area contributed by atoms with E-state index in [0.29, 0.717) is 10.8 Å². The van der Waals surface area contributed by atoms with Crippen LogP contribution in [0.3, 0.4) is 0 Å². The van der Waals surface area contributed by atoms with Crippen molar-refractivity contribution < 1.29 is 20.0 Å². The van der Waals surface area contributed by atoms with Crippen LogP contribution in [0, 0.1) is 5.82 Å². The van der Waals surface area contributed by atoms with Crippen LogP contribution in [0.1, 0.15) is 51.9 Å². The average Bonchev–Trinajstić information content (AvgIpc) is 2.49. The monoisotopic (exact) mass is 331 g/mol. The summed E-state index contributed by atoms with van der Waals surface area (Å²) in [4.78, 5) is 32.9. The molecule has 0 bridgehead atoms. The van der Waals surface area contributed by atoms with Gasteiger partial charge in [-0.1, -0.05) is 39.0 Å². The summed E-state index contributed by atoms with van der Waals surface area (Å²) in [5, 5.41) is 10.0. The number of aliphatic carboxylic acids is 1. The van der Waals surface area contributed by atoms with Gasteiger partial charge in [0.2, 0.25) is 5.82 Å². The molecule has 0 fully saturated rings. The van der Waals surface area contributed by atoms with Crippen molar-refractivity contribution in [1.82, 2.24) is 9.55 Å². The number of hydrogen-bond donors (Lipinski definition) is 2. The fourth-order valence-corrected chi connectivity index (χ4v) is 1.87. The summed E-state index contributed by atoms with van der Waals surface area (Å²) in [5.41, 5.74) is 1.65. The summed E-state index contributed by atoms with van der Waals surface area (Å²) in [5.74, 6) is -2.77. The van der Waals surface area contributed by atoms with Crippen LogP contribution in [0.5, 0.6) is 0 Å². The van der Waals surface area contributed by atoms with Crippen molar-refractivity contribution in [1.29, 1.82) is 0 Å². The molecular formula is C15H26FN3O4. The van der Waals surface area contributed by atoms with E-state index in [1.807, 2.05) is 0 Å². The Morgan fingerprint density at radius 2 is 1.78 bits per heavy atom. The lowest BCUT2D eigenvalue weighted by Gasteiger charge is -2.04. The number of hydrogen-bond acceptors (Lipinski definition) is 4. The molecule has 4 N–H and O–H groups in total. The highest BCUT2D eigenvalue weighted by Gasteiger charge is 2.02. The molecule has 0 aliphatic rings. The van der Waals surface area contributed by atoms with Crippen LogP contribution in [0.4, 0.5) is 4.39 Å². The van der Waals surface area contributed by atoms with Crippen molar-refractivity contribution >= 4 is 5.97 Å². The van der Waals surface area contributed by atoms with Crippen molar-refractivity contribution in [3.8, 4) is 0 Å². The van der Waals surface area contributed by atoms with E-state index in [4.69, 9.17) is 0 Å². The van der Waals surface area contributed by atoms with Gasteiger partial charge >= 0.3 is 5.69 Å². The van der Waals surface area contributed by atoms with Crippen molar-refractivity contribution in [3.63, 3.8) is 0 Å². The molecular weight excluding hydrogens is 305 g/mol. The largest absolute Gasteiger partial charge is 0.548 e. The third kappa shape index (κ3) is 10.4. The molecule has 0 amide bonds. The molecule has 0 aromatic carbocycles. The topological polar surface area (TPSA) is 123 Å². The van der Waals surface area contributed by atoms with E-state index >= 15 is 0 Å². The number of aromatic amines is 1. The Balaban J connectivity index is 0.000000438. The number of aromatic nitrogens is 2. The average molecular weight is 331 g/mol. The van der Waals surface area contributed by atoms with Gasteiger partial charge in [-0.25, -0.2) is 4.79 Å². The number of carboxylic acids is 1. The first kappa shape index (κ1) is 21.0. The molecule has 1 rings (SSSR count). The van der Waals surface area contributed by atoms with Gasteiger partial charge in [0, 0.05) is 0 Å². The molecule has 0 unspecified atom stereocenters. The second-order valence-corrected chi connectivity index (χ2v) is 5.21. The van der Waals surface area contributed by atoms with Crippen LogP contribution in [0.25, 0.3) is 0 Å². The van der Waals surface area contributed by atoms with Gasteiger partial charge in [0.25, 0.3) is 5.56 Å². The number of quaternary nitrogens is 1. The van der Waals surface area contributed by atoms with E-state index in [-0.39, 0.29) is 0 Å². The van der Waals surface area contributed by atoms with Gasteiger partial charge in [-0.2, -0.15) is 4.39 Å². The molecule has 132 valence electrons. The normalized spacial score (nSPS) is 10.0. The van der Waals surface area contributed by atoms with E-state index in [0.717, 1.165) is 6.54 Å². The van der Waals surface area contributed by atoms with E-state index < -0.39 is 29.6 Å². The molecule has 23 heavy (non-hydrogen) atoms. The number of nitrogens with one attached hydrogen (secondary N) is 1. The molecule has 1 heterocycles. The predicted molar refractivity (Wildman–Crippen MR) is 82.0 cm³/mol. The summed E-state index contributed by atoms with van der Waals surface area (Å²) in [6.45, 7) is 2.58. The zero-order valence-electron chi connectivity index (χ0n) is 13.6. The number of carbonyl (C=O) groups excluding carboxylic acids is 1. The van der Waals surface area contributed by atoms with E-state index in [1.54, 1.807) is 4.98 Å². The zero-order valence-corrected chi connectivity index (χ0v) is 13.6. The van der Waals surface area contributed by atoms with Crippen LogP contribution >= 0.6 is 0 Å². The van der Waals surface area contributed by atoms with Crippen molar-refractivity contribution in [2.45, 2.75) is 58.4 Å². The minimum absolute atomic E-state index is 0.492. The summed E-state index contributed by atoms with van der Waals surface area (Å²) < 4.78 is 13.0. The fraction of sp³-hybridized carbons (Fsp3) is 0.667. The summed E-state index contributed by atoms with van der Waals surface area (Å²) >= 11 is 0. The molecule has 0 aliphatic heterocycles. The third-order valence-electron chi connectivity index (χ3n) is 3.12. The Kier molecular flexibility index (Phi) is 11.5. The lowest BCUT2D eigenvalue weighted by molar-refractivity contribution is -0.368. The van der Waals surface area contributed by atoms with Crippen molar-refractivity contribution in [2.75, 3.05) is 6.54 Å². The Morgan fingerprint density at radius 3 is 2.30 bits per heavy atom. The number of unbranched alkanes of at least 4 members (excludes halogenated alkanes) is 6. The SMILES string of the molecule is CCCCCCCCC[NH3+].O=C([O-])Cn1cc(F)c(=O)[nH]c1=O. The first-order valence-electron chi connectivity index (χ1n) is 7.90. The van der Waals surface area contributed by atoms with Gasteiger partial charge in [0.15, 0.2) is 0 Å². The van der Waals surface area contributed by atoms with Crippen LogP contribution in [0.15, 0.2) is 15.8 Å². The Hall–Kier alpha value is -1.96. The van der Waals surface area contributed by atoms with Gasteiger partial charge in [0.05, 0.1) is 25.3 Å². The van der Waals surface area contributed by atoms with Gasteiger partial charge < -0.3 is 15.6 Å². The highest BCUT2D eigenvalue weighted by Crippen LogP contribution is 2.05. The van der Waals surface area contributed by atoms with Crippen LogP contribution < -0.4 is 22.1 Å². The Labute approximate surface area is 134 Å². The highest BCUT2D eigenvalue weighted by molar-refractivity contribution is 5.63. The maximum Gasteiger partial charge on any atom is 0.328 e.